The zero-order valence-electron chi connectivity index (χ0n) is 16.6. The van der Waals surface area contributed by atoms with Gasteiger partial charge in [-0.2, -0.15) is 0 Å². The fraction of sp³-hybridized carbons (Fsp3) is 0.217. The molecule has 3 aromatic heterocycles. The molecule has 7 heteroatoms. The van der Waals surface area contributed by atoms with Gasteiger partial charge in [0, 0.05) is 47.4 Å². The molecule has 150 valence electrons. The summed E-state index contributed by atoms with van der Waals surface area (Å²) in [5, 5.41) is 4.52. The van der Waals surface area contributed by atoms with Gasteiger partial charge in [-0.05, 0) is 18.2 Å². The highest BCUT2D eigenvalue weighted by atomic mass is 16.6. The predicted molar refractivity (Wildman–Crippen MR) is 115 cm³/mol. The summed E-state index contributed by atoms with van der Waals surface area (Å²) in [6, 6.07) is 14.1. The minimum absolute atomic E-state index is 0.187. The van der Waals surface area contributed by atoms with E-state index in [0.29, 0.717) is 25.6 Å². The van der Waals surface area contributed by atoms with Crippen LogP contribution in [-0.2, 0) is 0 Å². The van der Waals surface area contributed by atoms with Crippen molar-refractivity contribution in [2.24, 2.45) is 0 Å². The molecule has 4 heterocycles. The minimum Gasteiger partial charge on any atom is -0.484 e. The molecule has 0 bridgehead atoms. The van der Waals surface area contributed by atoms with Gasteiger partial charge in [0.15, 0.2) is 5.75 Å². The second-order valence-corrected chi connectivity index (χ2v) is 7.21. The van der Waals surface area contributed by atoms with Crippen LogP contribution in [0.15, 0.2) is 61.2 Å². The number of rotatable bonds is 5. The van der Waals surface area contributed by atoms with Crippen LogP contribution in [0.25, 0.3) is 22.2 Å². The van der Waals surface area contributed by atoms with Gasteiger partial charge in [-0.3, -0.25) is 4.98 Å². The molecule has 1 aromatic carbocycles. The second-order valence-electron chi connectivity index (χ2n) is 7.21. The van der Waals surface area contributed by atoms with Crippen LogP contribution in [0.1, 0.15) is 18.4 Å². The molecule has 1 atom stereocenters. The average Bonchev–Trinajstić information content (AvgIpc) is 2.82. The van der Waals surface area contributed by atoms with Crippen LogP contribution in [0.3, 0.4) is 0 Å². The van der Waals surface area contributed by atoms with Crippen molar-refractivity contribution in [2.75, 3.05) is 25.1 Å². The number of hydrogen-bond acceptors (Lipinski definition) is 7. The zero-order valence-corrected chi connectivity index (χ0v) is 16.6. The van der Waals surface area contributed by atoms with E-state index < -0.39 is 0 Å². The van der Waals surface area contributed by atoms with Gasteiger partial charge >= 0.3 is 0 Å². The molecule has 0 fully saturated rings. The molecule has 0 radical (unpaired) electrons. The molecular formula is C23H21N5O2. The fourth-order valence-electron chi connectivity index (χ4n) is 3.57. The Morgan fingerprint density at radius 2 is 1.90 bits per heavy atom. The van der Waals surface area contributed by atoms with Crippen molar-refractivity contribution in [3.63, 3.8) is 0 Å². The smallest absolute Gasteiger partial charge is 0.257 e. The van der Waals surface area contributed by atoms with E-state index in [2.05, 4.69) is 44.3 Å². The Morgan fingerprint density at radius 1 is 0.967 bits per heavy atom. The van der Waals surface area contributed by atoms with E-state index in [-0.39, 0.29) is 5.92 Å². The number of anilines is 1. The van der Waals surface area contributed by atoms with Crippen LogP contribution in [0.4, 0.5) is 5.82 Å². The maximum Gasteiger partial charge on any atom is 0.257 e. The van der Waals surface area contributed by atoms with Crippen LogP contribution < -0.4 is 14.8 Å². The number of fused-ring (bicyclic) bond motifs is 2. The van der Waals surface area contributed by atoms with Crippen LogP contribution in [0.5, 0.6) is 11.6 Å². The summed E-state index contributed by atoms with van der Waals surface area (Å²) in [7, 11) is 0. The van der Waals surface area contributed by atoms with Crippen molar-refractivity contribution < 1.29 is 9.47 Å². The van der Waals surface area contributed by atoms with Gasteiger partial charge in [-0.1, -0.05) is 25.1 Å². The van der Waals surface area contributed by atoms with Crippen molar-refractivity contribution in [1.82, 2.24) is 19.9 Å². The monoisotopic (exact) mass is 399 g/mol. The van der Waals surface area contributed by atoms with E-state index in [1.54, 1.807) is 18.7 Å². The molecule has 0 saturated carbocycles. The van der Waals surface area contributed by atoms with Gasteiger partial charge in [0.1, 0.15) is 25.4 Å². The summed E-state index contributed by atoms with van der Waals surface area (Å²) in [6.07, 6.45) is 5.14. The van der Waals surface area contributed by atoms with Gasteiger partial charge in [-0.15, -0.1) is 0 Å². The van der Waals surface area contributed by atoms with Gasteiger partial charge < -0.3 is 14.8 Å². The van der Waals surface area contributed by atoms with E-state index in [4.69, 9.17) is 9.47 Å². The Bertz CT molecular complexity index is 1200. The molecule has 5 rings (SSSR count). The Hall–Kier alpha value is -3.74. The molecule has 0 saturated heterocycles. The number of hydrogen-bond donors (Lipinski definition) is 1. The summed E-state index contributed by atoms with van der Waals surface area (Å²) >= 11 is 0. The molecule has 1 aliphatic heterocycles. The summed E-state index contributed by atoms with van der Waals surface area (Å²) in [5.74, 6) is 2.27. The Kier molecular flexibility index (Phi) is 4.85. The first kappa shape index (κ1) is 18.3. The number of pyridine rings is 2. The van der Waals surface area contributed by atoms with Crippen LogP contribution in [0.2, 0.25) is 0 Å². The number of aromatic nitrogens is 4. The molecule has 0 unspecified atom stereocenters. The summed E-state index contributed by atoms with van der Waals surface area (Å²) in [5.41, 5.74) is 3.88. The molecule has 0 spiro atoms. The van der Waals surface area contributed by atoms with E-state index >= 15 is 0 Å². The molecule has 0 amide bonds. The molecule has 0 aliphatic carbocycles. The summed E-state index contributed by atoms with van der Waals surface area (Å²) in [6.45, 7) is 3.90. The standard InChI is InChI=1S/C23H21N5O2/c1-15(18-6-8-25-23-22(18)29-9-10-30-23)13-26-21-12-20(27-14-28-21)17-5-4-16-3-2-7-24-19(16)11-17/h2-8,11-12,14-15H,9-10,13H2,1H3,(H,26,27,28)/t15-/m1/s1. The summed E-state index contributed by atoms with van der Waals surface area (Å²) < 4.78 is 11.4. The lowest BCUT2D eigenvalue weighted by Gasteiger charge is -2.22. The number of ether oxygens (including phenoxy) is 2. The molecule has 4 aromatic rings. The average molecular weight is 399 g/mol. The van der Waals surface area contributed by atoms with Crippen LogP contribution >= 0.6 is 0 Å². The third-order valence-electron chi connectivity index (χ3n) is 5.16. The second kappa shape index (κ2) is 7.94. The number of benzene rings is 1. The number of nitrogens with zero attached hydrogens (tertiary/aromatic N) is 4. The largest absolute Gasteiger partial charge is 0.484 e. The highest BCUT2D eigenvalue weighted by molar-refractivity contribution is 5.83. The minimum atomic E-state index is 0.187. The maximum atomic E-state index is 5.79. The van der Waals surface area contributed by atoms with Gasteiger partial charge in [0.2, 0.25) is 0 Å². The van der Waals surface area contributed by atoms with Crippen molar-refractivity contribution in [3.05, 3.63) is 66.7 Å². The molecule has 7 nitrogen and oxygen atoms in total. The van der Waals surface area contributed by atoms with Gasteiger partial charge in [0.05, 0.1) is 11.2 Å². The topological polar surface area (TPSA) is 82.1 Å². The first-order chi connectivity index (χ1) is 14.8. The zero-order chi connectivity index (χ0) is 20.3. The SMILES string of the molecule is C[C@H](CNc1cc(-c2ccc3cccnc3c2)ncn1)c1ccnc2c1OCCO2. The lowest BCUT2D eigenvalue weighted by atomic mass is 10.0. The third kappa shape index (κ3) is 3.61. The molecular weight excluding hydrogens is 378 g/mol. The Morgan fingerprint density at radius 3 is 2.87 bits per heavy atom. The van der Waals surface area contributed by atoms with E-state index in [1.165, 1.54) is 0 Å². The van der Waals surface area contributed by atoms with Crippen LogP contribution in [-0.4, -0.2) is 39.7 Å². The Balaban J connectivity index is 1.34. The fourth-order valence-corrected chi connectivity index (χ4v) is 3.57. The molecule has 1 aliphatic rings. The Labute approximate surface area is 174 Å². The van der Waals surface area contributed by atoms with Crippen molar-refractivity contribution in [2.45, 2.75) is 12.8 Å². The lowest BCUT2D eigenvalue weighted by Crippen LogP contribution is -2.19. The first-order valence-corrected chi connectivity index (χ1v) is 9.93. The van der Waals surface area contributed by atoms with E-state index in [0.717, 1.165) is 39.3 Å². The molecule has 1 N–H and O–H groups in total. The third-order valence-corrected chi connectivity index (χ3v) is 5.16. The quantitative estimate of drug-likeness (QED) is 0.542. The number of nitrogens with one attached hydrogen (secondary N) is 1. The van der Waals surface area contributed by atoms with Crippen LogP contribution in [0, 0.1) is 0 Å². The normalized spacial score (nSPS) is 13.8. The maximum absolute atomic E-state index is 5.79. The van der Waals surface area contributed by atoms with Gasteiger partial charge in [-0.25, -0.2) is 15.0 Å². The molecule has 30 heavy (non-hydrogen) atoms. The predicted octanol–water partition coefficient (Wildman–Crippen LogP) is 4.07. The first-order valence-electron chi connectivity index (χ1n) is 9.93. The van der Waals surface area contributed by atoms with Crippen molar-refractivity contribution in [3.8, 4) is 22.9 Å². The highest BCUT2D eigenvalue weighted by Crippen LogP contribution is 2.35. The van der Waals surface area contributed by atoms with E-state index in [9.17, 15) is 0 Å². The lowest BCUT2D eigenvalue weighted by molar-refractivity contribution is 0.162. The van der Waals surface area contributed by atoms with Crippen molar-refractivity contribution in [1.29, 1.82) is 0 Å². The van der Waals surface area contributed by atoms with Gasteiger partial charge in [0.25, 0.3) is 5.88 Å². The summed E-state index contributed by atoms with van der Waals surface area (Å²) in [4.78, 5) is 17.5. The highest BCUT2D eigenvalue weighted by Gasteiger charge is 2.20. The van der Waals surface area contributed by atoms with Crippen molar-refractivity contribution >= 4 is 16.7 Å². The van der Waals surface area contributed by atoms with E-state index in [1.807, 2.05) is 30.3 Å².